The van der Waals surface area contributed by atoms with Crippen LogP contribution < -0.4 is 10.1 Å². The Morgan fingerprint density at radius 1 is 1.26 bits per heavy atom. The third-order valence-electron chi connectivity index (χ3n) is 3.22. The number of hydrogen-bond donors (Lipinski definition) is 1. The van der Waals surface area contributed by atoms with E-state index in [1.165, 1.54) is 21.6 Å². The van der Waals surface area contributed by atoms with Crippen LogP contribution in [0.5, 0.6) is 5.75 Å². The lowest BCUT2D eigenvalue weighted by molar-refractivity contribution is 0.408. The molecule has 1 atom stereocenters. The minimum atomic E-state index is 0.206. The maximum atomic E-state index is 5.43. The number of methoxy groups -OCH3 is 1. The first-order valence-electron chi connectivity index (χ1n) is 6.13. The minimum Gasteiger partial charge on any atom is -0.496 e. The van der Waals surface area contributed by atoms with Gasteiger partial charge in [0.05, 0.1) is 13.2 Å². The number of benzene rings is 1. The Hall–Kier alpha value is -0.840. The van der Waals surface area contributed by atoms with Gasteiger partial charge in [-0.1, -0.05) is 12.1 Å². The van der Waals surface area contributed by atoms with Crippen molar-refractivity contribution < 1.29 is 4.74 Å². The minimum absolute atomic E-state index is 0.206. The van der Waals surface area contributed by atoms with Gasteiger partial charge in [-0.3, -0.25) is 0 Å². The van der Waals surface area contributed by atoms with Crippen LogP contribution in [0.2, 0.25) is 0 Å². The van der Waals surface area contributed by atoms with E-state index in [1.807, 2.05) is 7.05 Å². The molecule has 0 spiro atoms. The van der Waals surface area contributed by atoms with Crippen molar-refractivity contribution in [3.8, 4) is 5.75 Å². The number of aryl methyl sites for hydroxylation is 2. The van der Waals surface area contributed by atoms with Crippen LogP contribution in [0.15, 0.2) is 28.1 Å². The van der Waals surface area contributed by atoms with Gasteiger partial charge in [-0.2, -0.15) is 0 Å². The first kappa shape index (κ1) is 14.6. The van der Waals surface area contributed by atoms with Crippen LogP contribution in [0.1, 0.15) is 27.6 Å². The van der Waals surface area contributed by atoms with Crippen molar-refractivity contribution in [2.75, 3.05) is 14.2 Å². The SMILES string of the molecule is CNC(c1cc(C)c(OC)c(C)c1)c1sccc1Br. The van der Waals surface area contributed by atoms with Crippen LogP contribution in [0.25, 0.3) is 0 Å². The molecule has 1 heterocycles. The molecule has 0 saturated carbocycles. The number of nitrogens with one attached hydrogen (secondary N) is 1. The van der Waals surface area contributed by atoms with Gasteiger partial charge in [-0.25, -0.2) is 0 Å². The Bertz CT molecular complexity index is 556. The predicted octanol–water partition coefficient (Wildman–Crippen LogP) is 4.44. The van der Waals surface area contributed by atoms with Gasteiger partial charge in [0.2, 0.25) is 0 Å². The lowest BCUT2D eigenvalue weighted by Crippen LogP contribution is -2.17. The molecule has 19 heavy (non-hydrogen) atoms. The van der Waals surface area contributed by atoms with Gasteiger partial charge in [0.15, 0.2) is 0 Å². The van der Waals surface area contributed by atoms with Crippen molar-refractivity contribution in [2.45, 2.75) is 19.9 Å². The maximum Gasteiger partial charge on any atom is 0.124 e. The monoisotopic (exact) mass is 339 g/mol. The van der Waals surface area contributed by atoms with Crippen molar-refractivity contribution in [2.24, 2.45) is 0 Å². The molecule has 0 radical (unpaired) electrons. The average molecular weight is 340 g/mol. The molecule has 0 bridgehead atoms. The molecule has 0 aliphatic heterocycles. The highest BCUT2D eigenvalue weighted by atomic mass is 79.9. The summed E-state index contributed by atoms with van der Waals surface area (Å²) in [6, 6.07) is 6.68. The molecule has 2 aromatic rings. The number of thiophene rings is 1. The molecule has 0 fully saturated rings. The van der Waals surface area contributed by atoms with Crippen molar-refractivity contribution in [1.82, 2.24) is 5.32 Å². The largest absolute Gasteiger partial charge is 0.496 e. The molecular weight excluding hydrogens is 322 g/mol. The van der Waals surface area contributed by atoms with Crippen molar-refractivity contribution in [1.29, 1.82) is 0 Å². The van der Waals surface area contributed by atoms with Crippen LogP contribution in [0.3, 0.4) is 0 Å². The van der Waals surface area contributed by atoms with Crippen LogP contribution in [0, 0.1) is 13.8 Å². The fraction of sp³-hybridized carbons (Fsp3) is 0.333. The zero-order chi connectivity index (χ0) is 14.0. The van der Waals surface area contributed by atoms with Crippen LogP contribution in [0.4, 0.5) is 0 Å². The van der Waals surface area contributed by atoms with E-state index < -0.39 is 0 Å². The average Bonchev–Trinajstić information content (AvgIpc) is 2.77. The van der Waals surface area contributed by atoms with E-state index in [9.17, 15) is 0 Å². The molecule has 1 N–H and O–H groups in total. The van der Waals surface area contributed by atoms with Gasteiger partial charge in [0.25, 0.3) is 0 Å². The zero-order valence-electron chi connectivity index (χ0n) is 11.6. The first-order valence-corrected chi connectivity index (χ1v) is 7.81. The van der Waals surface area contributed by atoms with Gasteiger partial charge in [0, 0.05) is 9.35 Å². The van der Waals surface area contributed by atoms with Gasteiger partial charge in [0.1, 0.15) is 5.75 Å². The highest BCUT2D eigenvalue weighted by molar-refractivity contribution is 9.10. The van der Waals surface area contributed by atoms with Gasteiger partial charge in [-0.15, -0.1) is 11.3 Å². The molecule has 1 unspecified atom stereocenters. The Balaban J connectivity index is 2.48. The van der Waals surface area contributed by atoms with Crippen LogP contribution >= 0.6 is 27.3 Å². The Morgan fingerprint density at radius 3 is 2.32 bits per heavy atom. The Labute approximate surface area is 126 Å². The summed E-state index contributed by atoms with van der Waals surface area (Å²) in [5, 5.41) is 5.50. The molecule has 0 amide bonds. The van der Waals surface area contributed by atoms with E-state index in [4.69, 9.17) is 4.74 Å². The number of rotatable bonds is 4. The summed E-state index contributed by atoms with van der Waals surface area (Å²) in [7, 11) is 3.71. The maximum absolute atomic E-state index is 5.43. The van der Waals surface area contributed by atoms with Gasteiger partial charge in [-0.05, 0) is 65.0 Å². The molecule has 1 aromatic heterocycles. The highest BCUT2D eigenvalue weighted by Crippen LogP contribution is 2.35. The fourth-order valence-electron chi connectivity index (χ4n) is 2.43. The Kier molecular flexibility index (Phi) is 4.66. The third-order valence-corrected chi connectivity index (χ3v) is 5.15. The second kappa shape index (κ2) is 6.07. The molecule has 0 aliphatic rings. The predicted molar refractivity (Wildman–Crippen MR) is 85.4 cm³/mol. The van der Waals surface area contributed by atoms with Crippen LogP contribution in [-0.2, 0) is 0 Å². The summed E-state index contributed by atoms with van der Waals surface area (Å²) in [4.78, 5) is 1.30. The van der Waals surface area contributed by atoms with E-state index in [0.717, 1.165) is 10.2 Å². The van der Waals surface area contributed by atoms with E-state index in [-0.39, 0.29) is 6.04 Å². The van der Waals surface area contributed by atoms with Crippen molar-refractivity contribution >= 4 is 27.3 Å². The van der Waals surface area contributed by atoms with Gasteiger partial charge < -0.3 is 10.1 Å². The van der Waals surface area contributed by atoms with E-state index in [0.29, 0.717) is 0 Å². The summed E-state index contributed by atoms with van der Waals surface area (Å²) in [5.41, 5.74) is 3.61. The summed E-state index contributed by atoms with van der Waals surface area (Å²) >= 11 is 5.37. The highest BCUT2D eigenvalue weighted by Gasteiger charge is 2.18. The fourth-order valence-corrected chi connectivity index (χ4v) is 4.17. The summed E-state index contributed by atoms with van der Waals surface area (Å²) < 4.78 is 6.59. The second-order valence-electron chi connectivity index (χ2n) is 4.54. The number of ether oxygens (including phenoxy) is 1. The quantitative estimate of drug-likeness (QED) is 0.888. The van der Waals surface area contributed by atoms with Crippen molar-refractivity contribution in [3.05, 3.63) is 49.6 Å². The molecule has 2 nitrogen and oxygen atoms in total. The lowest BCUT2D eigenvalue weighted by atomic mass is 9.99. The smallest absolute Gasteiger partial charge is 0.124 e. The lowest BCUT2D eigenvalue weighted by Gasteiger charge is -2.19. The Morgan fingerprint density at radius 2 is 1.89 bits per heavy atom. The molecule has 1 aromatic carbocycles. The second-order valence-corrected chi connectivity index (χ2v) is 6.34. The van der Waals surface area contributed by atoms with Crippen LogP contribution in [-0.4, -0.2) is 14.2 Å². The molecule has 2 rings (SSSR count). The third kappa shape index (κ3) is 2.86. The summed E-state index contributed by atoms with van der Waals surface area (Å²) in [6.45, 7) is 4.18. The summed E-state index contributed by atoms with van der Waals surface area (Å²) in [6.07, 6.45) is 0. The van der Waals surface area contributed by atoms with E-state index in [1.54, 1.807) is 18.4 Å². The number of hydrogen-bond acceptors (Lipinski definition) is 3. The topological polar surface area (TPSA) is 21.3 Å². The zero-order valence-corrected chi connectivity index (χ0v) is 14.0. The molecular formula is C15H18BrNOS. The molecule has 102 valence electrons. The first-order chi connectivity index (χ1) is 9.08. The molecule has 0 saturated heterocycles. The van der Waals surface area contributed by atoms with Gasteiger partial charge >= 0.3 is 0 Å². The van der Waals surface area contributed by atoms with Crippen molar-refractivity contribution in [3.63, 3.8) is 0 Å². The normalized spacial score (nSPS) is 12.5. The summed E-state index contributed by atoms with van der Waals surface area (Å²) in [5.74, 6) is 0.976. The standard InChI is InChI=1S/C15H18BrNOS/c1-9-7-11(8-10(2)14(9)18-4)13(17-3)15-12(16)5-6-19-15/h5-8,13,17H,1-4H3. The van der Waals surface area contributed by atoms with E-state index in [2.05, 4.69) is 58.7 Å². The molecule has 4 heteroatoms. The molecule has 0 aliphatic carbocycles. The van der Waals surface area contributed by atoms with E-state index >= 15 is 0 Å². The number of halogens is 1.